The van der Waals surface area contributed by atoms with Gasteiger partial charge in [-0.15, -0.1) is 29.7 Å². The quantitative estimate of drug-likeness (QED) is 0.142. The summed E-state index contributed by atoms with van der Waals surface area (Å²) in [6, 6.07) is 11.0. The normalized spacial score (nSPS) is 10.9. The molecule has 0 unspecified atom stereocenters. The van der Waals surface area contributed by atoms with Crippen molar-refractivity contribution in [3.63, 3.8) is 0 Å². The minimum absolute atomic E-state index is 0.100. The number of carbonyl (C=O) groups is 4. The predicted octanol–water partition coefficient (Wildman–Crippen LogP) is 0.850. The highest BCUT2D eigenvalue weighted by molar-refractivity contribution is 6.07. The van der Waals surface area contributed by atoms with Gasteiger partial charge in [-0.3, -0.25) is 9.59 Å². The molecular weight excluding hydrogens is 627 g/mol. The van der Waals surface area contributed by atoms with Crippen LogP contribution in [-0.2, 0) is 0 Å². The first-order valence-corrected chi connectivity index (χ1v) is 13.1. The van der Waals surface area contributed by atoms with Crippen LogP contribution in [-0.4, -0.2) is 97.7 Å². The molecule has 20 nitrogen and oxygen atoms in total. The summed E-state index contributed by atoms with van der Waals surface area (Å²) in [5.41, 5.74) is -0.892. The molecule has 0 saturated heterocycles. The molecule has 47 heavy (non-hydrogen) atoms. The van der Waals surface area contributed by atoms with E-state index in [1.807, 2.05) is 0 Å². The number of nitrogens with zero attached hydrogens (tertiary/aromatic N) is 10. The molecule has 4 heterocycles. The minimum Gasteiger partial charge on any atom is -0.490 e. The summed E-state index contributed by atoms with van der Waals surface area (Å²) in [6.07, 6.45) is 0. The van der Waals surface area contributed by atoms with Crippen LogP contribution in [0.15, 0.2) is 54.6 Å². The van der Waals surface area contributed by atoms with Crippen molar-refractivity contribution in [3.8, 4) is 11.5 Å². The Labute approximate surface area is 258 Å². The van der Waals surface area contributed by atoms with Crippen molar-refractivity contribution in [1.29, 1.82) is 0 Å². The number of carboxylic acids is 2. The molecule has 0 fully saturated rings. The molecule has 6 aromatic rings. The molecule has 4 N–H and O–H groups in total. The SMILES string of the molecule is O=C(Nc1cc(OCCOc2cc(C(=O)O)c(NC(=O)c3ccc4nnnn4n3)cc2F)ccc1C(=O)O)c1ccc2nnnn2n1. The second-order valence-corrected chi connectivity index (χ2v) is 9.24. The van der Waals surface area contributed by atoms with Gasteiger partial charge in [0.25, 0.3) is 11.8 Å². The van der Waals surface area contributed by atoms with Gasteiger partial charge in [0, 0.05) is 12.1 Å². The van der Waals surface area contributed by atoms with Crippen LogP contribution in [0.4, 0.5) is 15.8 Å². The first-order valence-electron chi connectivity index (χ1n) is 13.1. The number of rotatable bonds is 11. The molecule has 6 rings (SSSR count). The summed E-state index contributed by atoms with van der Waals surface area (Å²) in [7, 11) is 0. The number of nitrogens with one attached hydrogen (secondary N) is 2. The van der Waals surface area contributed by atoms with Crippen molar-refractivity contribution in [2.45, 2.75) is 0 Å². The molecule has 0 radical (unpaired) electrons. The van der Waals surface area contributed by atoms with E-state index in [4.69, 9.17) is 9.47 Å². The van der Waals surface area contributed by atoms with Gasteiger partial charge in [-0.25, -0.2) is 14.0 Å². The predicted molar refractivity (Wildman–Crippen MR) is 151 cm³/mol. The van der Waals surface area contributed by atoms with Crippen molar-refractivity contribution in [2.24, 2.45) is 0 Å². The molecule has 2 amide bonds. The summed E-state index contributed by atoms with van der Waals surface area (Å²) in [4.78, 5) is 49.1. The summed E-state index contributed by atoms with van der Waals surface area (Å²) >= 11 is 0. The number of aromatic nitrogens is 10. The molecule has 4 aromatic heterocycles. The number of benzene rings is 2. The number of amides is 2. The topological polar surface area (TPSA) is 263 Å². The highest BCUT2D eigenvalue weighted by Gasteiger charge is 2.20. The van der Waals surface area contributed by atoms with E-state index >= 15 is 0 Å². The van der Waals surface area contributed by atoms with Gasteiger partial charge in [-0.1, -0.05) is 0 Å². The van der Waals surface area contributed by atoms with Gasteiger partial charge >= 0.3 is 11.9 Å². The van der Waals surface area contributed by atoms with Crippen LogP contribution < -0.4 is 20.1 Å². The fraction of sp³-hybridized carbons (Fsp3) is 0.0769. The van der Waals surface area contributed by atoms with E-state index in [1.165, 1.54) is 42.5 Å². The van der Waals surface area contributed by atoms with E-state index in [0.717, 1.165) is 21.4 Å². The van der Waals surface area contributed by atoms with Crippen LogP contribution in [0.5, 0.6) is 11.5 Å². The lowest BCUT2D eigenvalue weighted by atomic mass is 10.1. The number of hydrogen-bond donors (Lipinski definition) is 4. The number of fused-ring (bicyclic) bond motifs is 2. The molecule has 2 aromatic carbocycles. The summed E-state index contributed by atoms with van der Waals surface area (Å²) in [5, 5.41) is 53.2. The van der Waals surface area contributed by atoms with Crippen LogP contribution in [0.25, 0.3) is 11.3 Å². The zero-order valence-electron chi connectivity index (χ0n) is 23.3. The number of anilines is 2. The Morgan fingerprint density at radius 1 is 0.702 bits per heavy atom. The van der Waals surface area contributed by atoms with Crippen LogP contribution in [0.3, 0.4) is 0 Å². The second-order valence-electron chi connectivity index (χ2n) is 9.24. The van der Waals surface area contributed by atoms with Crippen LogP contribution in [0, 0.1) is 5.82 Å². The van der Waals surface area contributed by atoms with Gasteiger partial charge < -0.3 is 30.3 Å². The van der Waals surface area contributed by atoms with E-state index < -0.39 is 40.9 Å². The third kappa shape index (κ3) is 6.38. The summed E-state index contributed by atoms with van der Waals surface area (Å²) in [6.45, 7) is -0.487. The van der Waals surface area contributed by atoms with E-state index in [9.17, 15) is 33.8 Å². The van der Waals surface area contributed by atoms with E-state index in [1.54, 1.807) is 0 Å². The fourth-order valence-electron chi connectivity index (χ4n) is 4.07. The Hall–Kier alpha value is -7.19. The van der Waals surface area contributed by atoms with E-state index in [0.29, 0.717) is 5.65 Å². The fourth-order valence-corrected chi connectivity index (χ4v) is 4.07. The molecule has 0 aliphatic heterocycles. The standard InChI is InChI=1S/C26H17FN12O8/c27-15-11-19(29-24(41)17-4-6-22-31-35-37-39(22)33-17)14(26(44)45)10-20(15)47-8-7-46-12-1-2-13(25(42)43)18(9-12)28-23(40)16-3-5-21-30-34-36-38(21)32-16/h1-6,9-11H,7-8H2,(H,28,40)(H,29,41)(H,42,43)(H,44,45). The monoisotopic (exact) mass is 644 g/mol. The summed E-state index contributed by atoms with van der Waals surface area (Å²) in [5.74, 6) is -5.71. The maximum Gasteiger partial charge on any atom is 0.337 e. The Morgan fingerprint density at radius 3 is 1.83 bits per heavy atom. The number of aromatic carboxylic acids is 2. The Bertz CT molecular complexity index is 2200. The molecule has 0 atom stereocenters. The van der Waals surface area contributed by atoms with Crippen molar-refractivity contribution in [2.75, 3.05) is 23.8 Å². The summed E-state index contributed by atoms with van der Waals surface area (Å²) < 4.78 is 27.8. The zero-order valence-corrected chi connectivity index (χ0v) is 23.3. The lowest BCUT2D eigenvalue weighted by molar-refractivity contribution is 0.0686. The highest BCUT2D eigenvalue weighted by Crippen LogP contribution is 2.27. The van der Waals surface area contributed by atoms with Gasteiger partial charge in [-0.2, -0.15) is 0 Å². The van der Waals surface area contributed by atoms with Crippen LogP contribution >= 0.6 is 0 Å². The molecule has 236 valence electrons. The first-order chi connectivity index (χ1) is 22.7. The van der Waals surface area contributed by atoms with Crippen molar-refractivity contribution < 1.29 is 43.3 Å². The van der Waals surface area contributed by atoms with Gasteiger partial charge in [0.15, 0.2) is 34.2 Å². The number of tetrazole rings is 2. The van der Waals surface area contributed by atoms with Gasteiger partial charge in [0.1, 0.15) is 19.0 Å². The maximum atomic E-state index is 14.9. The first kappa shape index (κ1) is 29.9. The Balaban J connectivity index is 1.10. The number of carbonyl (C=O) groups excluding carboxylic acids is 2. The van der Waals surface area contributed by atoms with E-state index in [-0.39, 0.29) is 52.9 Å². The molecule has 0 aliphatic rings. The second kappa shape index (κ2) is 12.4. The van der Waals surface area contributed by atoms with Crippen LogP contribution in [0.2, 0.25) is 0 Å². The smallest absolute Gasteiger partial charge is 0.337 e. The average molecular weight is 644 g/mol. The van der Waals surface area contributed by atoms with Crippen molar-refractivity contribution in [1.82, 2.24) is 50.5 Å². The maximum absolute atomic E-state index is 14.9. The molecule has 0 bridgehead atoms. The number of halogens is 1. The number of ether oxygens (including phenoxy) is 2. The molecular formula is C26H17FN12O8. The van der Waals surface area contributed by atoms with Gasteiger partial charge in [0.05, 0.1) is 22.5 Å². The zero-order chi connectivity index (χ0) is 33.1. The number of hydrogen-bond acceptors (Lipinski definition) is 14. The van der Waals surface area contributed by atoms with Crippen LogP contribution in [0.1, 0.15) is 41.7 Å². The van der Waals surface area contributed by atoms with Gasteiger partial charge in [-0.05, 0) is 63.3 Å². The lowest BCUT2D eigenvalue weighted by Gasteiger charge is -2.14. The Kier molecular flexibility index (Phi) is 7.90. The highest BCUT2D eigenvalue weighted by atomic mass is 19.1. The largest absolute Gasteiger partial charge is 0.490 e. The third-order valence-corrected chi connectivity index (χ3v) is 6.23. The van der Waals surface area contributed by atoms with Crippen molar-refractivity contribution in [3.05, 3.63) is 82.9 Å². The Morgan fingerprint density at radius 2 is 1.26 bits per heavy atom. The molecule has 0 saturated carbocycles. The van der Waals surface area contributed by atoms with E-state index in [2.05, 4.69) is 51.9 Å². The van der Waals surface area contributed by atoms with Crippen molar-refractivity contribution >= 4 is 46.4 Å². The number of carboxylic acid groups (broad SMARTS) is 2. The molecule has 0 aliphatic carbocycles. The average Bonchev–Trinajstić information content (AvgIpc) is 3.72. The molecule has 21 heteroatoms. The third-order valence-electron chi connectivity index (χ3n) is 6.23. The lowest BCUT2D eigenvalue weighted by Crippen LogP contribution is -2.18. The minimum atomic E-state index is -1.48. The van der Waals surface area contributed by atoms with Gasteiger partial charge in [0.2, 0.25) is 0 Å². The molecule has 0 spiro atoms.